The van der Waals surface area contributed by atoms with Crippen LogP contribution < -0.4 is 5.32 Å². The molecule has 2 aromatic rings. The zero-order valence-electron chi connectivity index (χ0n) is 21.1. The molecule has 1 saturated heterocycles. The van der Waals surface area contributed by atoms with Crippen LogP contribution in [-0.2, 0) is 25.7 Å². The lowest BCUT2D eigenvalue weighted by Crippen LogP contribution is -2.57. The molecule has 1 saturated carbocycles. The van der Waals surface area contributed by atoms with Crippen molar-refractivity contribution in [1.29, 1.82) is 0 Å². The van der Waals surface area contributed by atoms with Gasteiger partial charge in [0.25, 0.3) is 11.8 Å². The first-order chi connectivity index (χ1) is 17.6. The van der Waals surface area contributed by atoms with Crippen LogP contribution in [0.2, 0.25) is 0 Å². The van der Waals surface area contributed by atoms with E-state index in [2.05, 4.69) is 5.32 Å². The van der Waals surface area contributed by atoms with E-state index in [9.17, 15) is 19.2 Å². The topological polar surface area (TPSA) is 102 Å². The number of carbonyl (C=O) groups excluding carboxylic acids is 4. The van der Waals surface area contributed by atoms with Gasteiger partial charge in [0.1, 0.15) is 18.2 Å². The van der Waals surface area contributed by atoms with Crippen molar-refractivity contribution in [2.45, 2.75) is 74.4 Å². The molecule has 194 valence electrons. The Morgan fingerprint density at radius 1 is 1.03 bits per heavy atom. The third kappa shape index (κ3) is 4.78. The van der Waals surface area contributed by atoms with Crippen molar-refractivity contribution in [3.05, 3.63) is 71.3 Å². The summed E-state index contributed by atoms with van der Waals surface area (Å²) in [5.41, 5.74) is 0.542. The van der Waals surface area contributed by atoms with Gasteiger partial charge in [-0.2, -0.15) is 0 Å². The van der Waals surface area contributed by atoms with Crippen LogP contribution in [0.15, 0.2) is 54.6 Å². The van der Waals surface area contributed by atoms with Gasteiger partial charge in [-0.1, -0.05) is 48.9 Å². The van der Waals surface area contributed by atoms with Gasteiger partial charge in [0, 0.05) is 4.75 Å². The molecule has 2 amide bonds. The minimum absolute atomic E-state index is 0.136. The molecule has 2 aromatic carbocycles. The number of imide groups is 1. The Bertz CT molecular complexity index is 1200. The molecule has 9 heteroatoms. The number of ether oxygens (including phenoxy) is 2. The van der Waals surface area contributed by atoms with E-state index in [1.54, 1.807) is 45.0 Å². The maximum atomic E-state index is 13.5. The highest BCUT2D eigenvalue weighted by Crippen LogP contribution is 2.54. The number of rotatable bonds is 6. The molecule has 1 spiro atoms. The number of thioether (sulfide) groups is 1. The minimum Gasteiger partial charge on any atom is -0.460 e. The quantitative estimate of drug-likeness (QED) is 0.453. The number of nitrogens with one attached hydrogen (secondary N) is 1. The molecule has 1 aliphatic carbocycles. The van der Waals surface area contributed by atoms with Gasteiger partial charge in [0.05, 0.1) is 16.5 Å². The highest BCUT2D eigenvalue weighted by Gasteiger charge is 2.60. The van der Waals surface area contributed by atoms with Gasteiger partial charge >= 0.3 is 11.9 Å². The first-order valence-electron chi connectivity index (χ1n) is 12.4. The van der Waals surface area contributed by atoms with Gasteiger partial charge in [0.15, 0.2) is 6.04 Å². The van der Waals surface area contributed by atoms with Gasteiger partial charge in [0.2, 0.25) is 0 Å². The number of benzene rings is 2. The fraction of sp³-hybridized carbons (Fsp3) is 0.429. The standard InChI is InChI=1S/C28H30N2O6S/c1-27(2,3)36-25(33)20(30-23(31)18-12-7-8-13-19(18)24(30)32)22-29-21(28(37-22)14-9-15-28)26(34)35-16-17-10-5-4-6-11-17/h4-8,10-13,20-22,29H,9,14-16H2,1-3H3. The van der Waals surface area contributed by atoms with Crippen molar-refractivity contribution in [3.8, 4) is 0 Å². The van der Waals surface area contributed by atoms with E-state index < -0.39 is 51.6 Å². The summed E-state index contributed by atoms with van der Waals surface area (Å²) in [7, 11) is 0. The van der Waals surface area contributed by atoms with Crippen LogP contribution in [0, 0.1) is 0 Å². The summed E-state index contributed by atoms with van der Waals surface area (Å²) in [5.74, 6) is -2.20. The molecule has 3 aliphatic rings. The van der Waals surface area contributed by atoms with Crippen LogP contribution >= 0.6 is 11.8 Å². The Hall–Kier alpha value is -3.17. The summed E-state index contributed by atoms with van der Waals surface area (Å²) in [5, 5.41) is 2.54. The van der Waals surface area contributed by atoms with Crippen LogP contribution in [0.3, 0.4) is 0 Å². The molecule has 2 heterocycles. The van der Waals surface area contributed by atoms with Gasteiger partial charge in [-0.25, -0.2) is 4.79 Å². The Labute approximate surface area is 220 Å². The van der Waals surface area contributed by atoms with Crippen molar-refractivity contribution in [3.63, 3.8) is 0 Å². The zero-order chi connectivity index (χ0) is 26.4. The third-order valence-corrected chi connectivity index (χ3v) is 8.68. The molecule has 37 heavy (non-hydrogen) atoms. The SMILES string of the molecule is CC(C)(C)OC(=O)C(C1NC(C(=O)OCc2ccccc2)C2(CCC2)S1)N1C(=O)c2ccccc2C1=O. The van der Waals surface area contributed by atoms with Crippen molar-refractivity contribution >= 4 is 35.5 Å². The minimum atomic E-state index is -1.25. The number of hydrogen-bond acceptors (Lipinski definition) is 8. The van der Waals surface area contributed by atoms with E-state index in [1.165, 1.54) is 11.8 Å². The van der Waals surface area contributed by atoms with Crippen LogP contribution in [0.1, 0.15) is 66.3 Å². The fourth-order valence-corrected chi connectivity index (χ4v) is 6.94. The van der Waals surface area contributed by atoms with Gasteiger partial charge < -0.3 is 9.47 Å². The summed E-state index contributed by atoms with van der Waals surface area (Å²) >= 11 is 1.43. The lowest BCUT2D eigenvalue weighted by molar-refractivity contribution is -0.160. The molecule has 3 atom stereocenters. The van der Waals surface area contributed by atoms with E-state index in [0.717, 1.165) is 29.7 Å². The predicted octanol–water partition coefficient (Wildman–Crippen LogP) is 3.69. The van der Waals surface area contributed by atoms with E-state index in [4.69, 9.17) is 9.47 Å². The van der Waals surface area contributed by atoms with E-state index >= 15 is 0 Å². The monoisotopic (exact) mass is 522 g/mol. The van der Waals surface area contributed by atoms with Gasteiger partial charge in [-0.15, -0.1) is 11.8 Å². The molecule has 2 fully saturated rings. The first kappa shape index (κ1) is 25.5. The number of amides is 2. The molecule has 0 bridgehead atoms. The normalized spacial score (nSPS) is 22.9. The largest absolute Gasteiger partial charge is 0.460 e. The second kappa shape index (κ2) is 9.61. The zero-order valence-corrected chi connectivity index (χ0v) is 21.9. The highest BCUT2D eigenvalue weighted by molar-refractivity contribution is 8.01. The third-order valence-electron chi connectivity index (χ3n) is 6.92. The summed E-state index contributed by atoms with van der Waals surface area (Å²) in [6, 6.07) is 14.0. The lowest BCUT2D eigenvalue weighted by Gasteiger charge is -2.40. The predicted molar refractivity (Wildman–Crippen MR) is 138 cm³/mol. The lowest BCUT2D eigenvalue weighted by atomic mass is 9.78. The van der Waals surface area contributed by atoms with Crippen LogP contribution in [0.4, 0.5) is 0 Å². The number of nitrogens with zero attached hydrogens (tertiary/aromatic N) is 1. The summed E-state index contributed by atoms with van der Waals surface area (Å²) in [4.78, 5) is 54.5. The Morgan fingerprint density at radius 2 is 1.62 bits per heavy atom. The second-order valence-corrected chi connectivity index (χ2v) is 12.2. The summed E-state index contributed by atoms with van der Waals surface area (Å²) < 4.78 is 10.9. The summed E-state index contributed by atoms with van der Waals surface area (Å²) in [6.45, 7) is 5.33. The number of hydrogen-bond donors (Lipinski definition) is 1. The first-order valence-corrected chi connectivity index (χ1v) is 13.3. The molecule has 0 radical (unpaired) electrons. The van der Waals surface area contributed by atoms with Crippen LogP contribution in [0.25, 0.3) is 0 Å². The fourth-order valence-electron chi connectivity index (χ4n) is 5.04. The molecule has 2 aliphatic heterocycles. The van der Waals surface area contributed by atoms with Crippen LogP contribution in [-0.4, -0.2) is 56.5 Å². The maximum absolute atomic E-state index is 13.5. The maximum Gasteiger partial charge on any atom is 0.332 e. The Balaban J connectivity index is 1.43. The van der Waals surface area contributed by atoms with E-state index in [1.807, 2.05) is 30.3 Å². The number of esters is 2. The Kier molecular flexibility index (Phi) is 6.62. The van der Waals surface area contributed by atoms with Crippen molar-refractivity contribution in [2.75, 3.05) is 0 Å². The summed E-state index contributed by atoms with van der Waals surface area (Å²) in [6.07, 6.45) is 2.46. The van der Waals surface area contributed by atoms with Crippen molar-refractivity contribution in [1.82, 2.24) is 10.2 Å². The second-order valence-electron chi connectivity index (χ2n) is 10.7. The number of carbonyl (C=O) groups is 4. The number of fused-ring (bicyclic) bond motifs is 1. The smallest absolute Gasteiger partial charge is 0.332 e. The average molecular weight is 523 g/mol. The molecular formula is C28H30N2O6S. The average Bonchev–Trinajstić information content (AvgIpc) is 3.36. The van der Waals surface area contributed by atoms with Crippen molar-refractivity contribution < 1.29 is 28.7 Å². The van der Waals surface area contributed by atoms with Gasteiger partial charge in [-0.05, 0) is 51.3 Å². The molecule has 1 N–H and O–H groups in total. The molecule has 5 rings (SSSR count). The molecule has 3 unspecified atom stereocenters. The van der Waals surface area contributed by atoms with Crippen LogP contribution in [0.5, 0.6) is 0 Å². The van der Waals surface area contributed by atoms with E-state index in [-0.39, 0.29) is 17.7 Å². The van der Waals surface area contributed by atoms with Gasteiger partial charge in [-0.3, -0.25) is 24.6 Å². The molecule has 0 aromatic heterocycles. The Morgan fingerprint density at radius 3 is 2.16 bits per heavy atom. The molecule has 8 nitrogen and oxygen atoms in total. The molecular weight excluding hydrogens is 492 g/mol. The highest BCUT2D eigenvalue weighted by atomic mass is 32.2. The van der Waals surface area contributed by atoms with Crippen molar-refractivity contribution in [2.24, 2.45) is 0 Å². The van der Waals surface area contributed by atoms with E-state index in [0.29, 0.717) is 0 Å².